The van der Waals surface area contributed by atoms with Crippen LogP contribution in [0.2, 0.25) is 0 Å². The summed E-state index contributed by atoms with van der Waals surface area (Å²) in [5, 5.41) is 2.45. The smallest absolute Gasteiger partial charge is 0.234 e. The van der Waals surface area contributed by atoms with Gasteiger partial charge in [0.05, 0.1) is 25.4 Å². The molecule has 1 spiro atoms. The molecule has 1 aromatic heterocycles. The molecule has 2 aliphatic rings. The fourth-order valence-electron chi connectivity index (χ4n) is 4.04. The Morgan fingerprint density at radius 2 is 2.21 bits per heavy atom. The number of imidazole rings is 1. The van der Waals surface area contributed by atoms with Crippen LogP contribution in [0.15, 0.2) is 36.9 Å². The summed E-state index contributed by atoms with van der Waals surface area (Å²) in [6, 6.07) is 5.83. The molecule has 2 saturated heterocycles. The van der Waals surface area contributed by atoms with Gasteiger partial charge in [0, 0.05) is 37.5 Å². The van der Waals surface area contributed by atoms with Crippen LogP contribution in [0.1, 0.15) is 18.4 Å². The molecule has 1 atom stereocenters. The number of aromatic nitrogens is 2. The second-order valence-electron chi connectivity index (χ2n) is 7.39. The van der Waals surface area contributed by atoms with Gasteiger partial charge in [-0.15, -0.1) is 0 Å². The Bertz CT molecular complexity index is 867. The standard InChI is InChI=1S/C20H24N4O4/c1-27-16-4-2-3-15(18(16)28-10-9-23-8-6-21-14-23)12-24-7-5-20(13-24)11-17(25)22-19(20)26/h2-4,6,8,14H,5,7,9-13H2,1H3,(H,22,25,26)/t20-/m0/s1. The van der Waals surface area contributed by atoms with Crippen molar-refractivity contribution in [2.24, 2.45) is 5.41 Å². The highest BCUT2D eigenvalue weighted by Gasteiger charge is 2.50. The predicted octanol–water partition coefficient (Wildman–Crippen LogP) is 1.21. The minimum Gasteiger partial charge on any atom is -0.493 e. The quantitative estimate of drug-likeness (QED) is 0.723. The van der Waals surface area contributed by atoms with Gasteiger partial charge in [-0.1, -0.05) is 12.1 Å². The fraction of sp³-hybridized carbons (Fsp3) is 0.450. The monoisotopic (exact) mass is 384 g/mol. The van der Waals surface area contributed by atoms with Crippen molar-refractivity contribution in [2.45, 2.75) is 25.9 Å². The van der Waals surface area contributed by atoms with Crippen LogP contribution >= 0.6 is 0 Å². The molecule has 2 fully saturated rings. The number of hydrogen-bond acceptors (Lipinski definition) is 6. The maximum Gasteiger partial charge on any atom is 0.234 e. The van der Waals surface area contributed by atoms with Gasteiger partial charge < -0.3 is 14.0 Å². The Labute approximate surface area is 163 Å². The molecule has 1 aromatic carbocycles. The molecule has 0 aliphatic carbocycles. The first-order chi connectivity index (χ1) is 13.6. The lowest BCUT2D eigenvalue weighted by Gasteiger charge is -2.22. The second-order valence-corrected chi connectivity index (χ2v) is 7.39. The molecular weight excluding hydrogens is 360 g/mol. The van der Waals surface area contributed by atoms with Crippen molar-refractivity contribution in [2.75, 3.05) is 26.8 Å². The summed E-state index contributed by atoms with van der Waals surface area (Å²) < 4.78 is 13.5. The number of hydrogen-bond donors (Lipinski definition) is 1. The molecule has 0 saturated carbocycles. The van der Waals surface area contributed by atoms with E-state index in [0.29, 0.717) is 38.4 Å². The average molecular weight is 384 g/mol. The number of rotatable bonds is 7. The first-order valence-electron chi connectivity index (χ1n) is 9.41. The fourth-order valence-corrected chi connectivity index (χ4v) is 4.04. The molecule has 0 radical (unpaired) electrons. The van der Waals surface area contributed by atoms with E-state index in [1.54, 1.807) is 19.6 Å². The Hall–Kier alpha value is -2.87. The zero-order valence-electron chi connectivity index (χ0n) is 15.9. The number of para-hydroxylation sites is 1. The average Bonchev–Trinajstić information content (AvgIpc) is 3.39. The van der Waals surface area contributed by atoms with Crippen LogP contribution in [0.5, 0.6) is 11.5 Å². The summed E-state index contributed by atoms with van der Waals surface area (Å²) in [5.74, 6) is 1.10. The molecule has 3 heterocycles. The van der Waals surface area contributed by atoms with Gasteiger partial charge in [0.15, 0.2) is 11.5 Å². The Balaban J connectivity index is 1.45. The molecule has 148 valence electrons. The molecule has 8 nitrogen and oxygen atoms in total. The Morgan fingerprint density at radius 1 is 1.32 bits per heavy atom. The van der Waals surface area contributed by atoms with E-state index in [-0.39, 0.29) is 18.2 Å². The molecule has 4 rings (SSSR count). The first kappa shape index (κ1) is 18.5. The Kier molecular flexibility index (Phi) is 5.04. The van der Waals surface area contributed by atoms with E-state index in [9.17, 15) is 9.59 Å². The van der Waals surface area contributed by atoms with Crippen molar-refractivity contribution in [3.63, 3.8) is 0 Å². The van der Waals surface area contributed by atoms with Gasteiger partial charge in [-0.05, 0) is 19.0 Å². The van der Waals surface area contributed by atoms with Crippen LogP contribution in [0.25, 0.3) is 0 Å². The molecule has 2 amide bonds. The predicted molar refractivity (Wildman–Crippen MR) is 101 cm³/mol. The summed E-state index contributed by atoms with van der Waals surface area (Å²) in [5.41, 5.74) is 0.435. The van der Waals surface area contributed by atoms with Crippen molar-refractivity contribution in [3.05, 3.63) is 42.5 Å². The summed E-state index contributed by atoms with van der Waals surface area (Å²) in [6.07, 6.45) is 6.37. The summed E-state index contributed by atoms with van der Waals surface area (Å²) in [4.78, 5) is 30.1. The summed E-state index contributed by atoms with van der Waals surface area (Å²) in [6.45, 7) is 3.17. The van der Waals surface area contributed by atoms with Crippen LogP contribution in [0, 0.1) is 5.41 Å². The van der Waals surface area contributed by atoms with Crippen molar-refractivity contribution < 1.29 is 19.1 Å². The molecule has 8 heteroatoms. The lowest BCUT2D eigenvalue weighted by Crippen LogP contribution is -2.34. The number of methoxy groups -OCH3 is 1. The number of carbonyl (C=O) groups excluding carboxylic acids is 2. The molecule has 0 unspecified atom stereocenters. The summed E-state index contributed by atoms with van der Waals surface area (Å²) in [7, 11) is 1.63. The van der Waals surface area contributed by atoms with Gasteiger partial charge in [0.1, 0.15) is 6.61 Å². The maximum absolute atomic E-state index is 12.2. The highest BCUT2D eigenvalue weighted by molar-refractivity contribution is 6.06. The van der Waals surface area contributed by atoms with E-state index >= 15 is 0 Å². The molecule has 1 N–H and O–H groups in total. The number of benzene rings is 1. The van der Waals surface area contributed by atoms with Gasteiger partial charge >= 0.3 is 0 Å². The highest BCUT2D eigenvalue weighted by atomic mass is 16.5. The van der Waals surface area contributed by atoms with Crippen molar-refractivity contribution >= 4 is 11.8 Å². The normalized spacial score (nSPS) is 22.0. The van der Waals surface area contributed by atoms with Crippen LogP contribution in [-0.4, -0.2) is 53.1 Å². The van der Waals surface area contributed by atoms with Gasteiger partial charge in [-0.25, -0.2) is 4.98 Å². The van der Waals surface area contributed by atoms with Crippen molar-refractivity contribution in [1.82, 2.24) is 19.8 Å². The third-order valence-electron chi connectivity index (χ3n) is 5.50. The van der Waals surface area contributed by atoms with Gasteiger partial charge in [0.25, 0.3) is 0 Å². The van der Waals surface area contributed by atoms with Crippen LogP contribution in [0.3, 0.4) is 0 Å². The van der Waals surface area contributed by atoms with E-state index in [0.717, 1.165) is 17.9 Å². The SMILES string of the molecule is COc1cccc(CN2CC[C@]3(CC(=O)NC3=O)C2)c1OCCn1ccnc1. The maximum atomic E-state index is 12.2. The van der Waals surface area contributed by atoms with Crippen molar-refractivity contribution in [3.8, 4) is 11.5 Å². The second kappa shape index (κ2) is 7.63. The van der Waals surface area contributed by atoms with E-state index in [1.165, 1.54) is 0 Å². The topological polar surface area (TPSA) is 85.7 Å². The van der Waals surface area contributed by atoms with E-state index in [4.69, 9.17) is 9.47 Å². The van der Waals surface area contributed by atoms with Crippen LogP contribution in [-0.2, 0) is 22.7 Å². The largest absolute Gasteiger partial charge is 0.493 e. The number of nitrogens with one attached hydrogen (secondary N) is 1. The molecule has 2 aliphatic heterocycles. The van der Waals surface area contributed by atoms with Gasteiger partial charge in [0.2, 0.25) is 11.8 Å². The molecule has 28 heavy (non-hydrogen) atoms. The van der Waals surface area contributed by atoms with E-state index in [2.05, 4.69) is 15.2 Å². The third-order valence-corrected chi connectivity index (χ3v) is 5.50. The number of likely N-dealkylation sites (tertiary alicyclic amines) is 1. The lowest BCUT2D eigenvalue weighted by atomic mass is 9.85. The zero-order valence-corrected chi connectivity index (χ0v) is 15.9. The van der Waals surface area contributed by atoms with Gasteiger partial charge in [-0.3, -0.25) is 19.8 Å². The number of ether oxygens (including phenoxy) is 2. The first-order valence-corrected chi connectivity index (χ1v) is 9.41. The molecular formula is C20H24N4O4. The van der Waals surface area contributed by atoms with Crippen LogP contribution < -0.4 is 14.8 Å². The zero-order chi connectivity index (χ0) is 19.6. The number of amides is 2. The number of nitrogens with zero attached hydrogens (tertiary/aromatic N) is 3. The van der Waals surface area contributed by atoms with E-state index < -0.39 is 5.41 Å². The molecule has 0 bridgehead atoms. The van der Waals surface area contributed by atoms with Crippen molar-refractivity contribution in [1.29, 1.82) is 0 Å². The number of imide groups is 1. The van der Waals surface area contributed by atoms with Crippen LogP contribution in [0.4, 0.5) is 0 Å². The highest BCUT2D eigenvalue weighted by Crippen LogP contribution is 2.39. The minimum atomic E-state index is -0.571. The summed E-state index contributed by atoms with van der Waals surface area (Å²) >= 11 is 0. The Morgan fingerprint density at radius 3 is 2.93 bits per heavy atom. The molecule has 2 aromatic rings. The van der Waals surface area contributed by atoms with Gasteiger partial charge in [-0.2, -0.15) is 0 Å². The van der Waals surface area contributed by atoms with E-state index in [1.807, 2.05) is 29.0 Å². The lowest BCUT2D eigenvalue weighted by molar-refractivity contribution is -0.128. The number of carbonyl (C=O) groups is 2. The third kappa shape index (κ3) is 3.60. The minimum absolute atomic E-state index is 0.137.